The van der Waals surface area contributed by atoms with E-state index in [1.165, 1.54) is 173 Å². The second kappa shape index (κ2) is 60.9. The van der Waals surface area contributed by atoms with Gasteiger partial charge in [-0.15, -0.1) is 0 Å². The molecule has 6 heteroatoms. The van der Waals surface area contributed by atoms with Gasteiger partial charge in [0.2, 0.25) is 0 Å². The number of rotatable bonds is 55. The first-order chi connectivity index (χ1) is 36.0. The molecule has 1 atom stereocenters. The minimum Gasteiger partial charge on any atom is -0.462 e. The summed E-state index contributed by atoms with van der Waals surface area (Å²) in [6.45, 7) is 6.53. The topological polar surface area (TPSA) is 78.9 Å². The van der Waals surface area contributed by atoms with E-state index >= 15 is 0 Å². The van der Waals surface area contributed by atoms with Crippen LogP contribution in [0.25, 0.3) is 0 Å². The van der Waals surface area contributed by atoms with Crippen molar-refractivity contribution >= 4 is 17.9 Å². The van der Waals surface area contributed by atoms with Crippen LogP contribution in [0.1, 0.15) is 290 Å². The molecular formula is C67H114O6. The molecule has 73 heavy (non-hydrogen) atoms. The molecular weight excluding hydrogens is 901 g/mol. The quantitative estimate of drug-likeness (QED) is 0.0261. The van der Waals surface area contributed by atoms with Crippen molar-refractivity contribution in [1.29, 1.82) is 0 Å². The lowest BCUT2D eigenvalue weighted by atomic mass is 10.1. The van der Waals surface area contributed by atoms with Crippen molar-refractivity contribution in [3.8, 4) is 0 Å². The lowest BCUT2D eigenvalue weighted by Crippen LogP contribution is -2.30. The smallest absolute Gasteiger partial charge is 0.306 e. The van der Waals surface area contributed by atoms with Crippen LogP contribution in [0, 0.1) is 0 Å². The fourth-order valence-electron chi connectivity index (χ4n) is 8.39. The summed E-state index contributed by atoms with van der Waals surface area (Å²) in [6, 6.07) is 0. The zero-order valence-electron chi connectivity index (χ0n) is 47.9. The van der Waals surface area contributed by atoms with Crippen LogP contribution in [-0.4, -0.2) is 37.2 Å². The zero-order valence-corrected chi connectivity index (χ0v) is 47.9. The van der Waals surface area contributed by atoms with Gasteiger partial charge < -0.3 is 14.2 Å². The Morgan fingerprint density at radius 3 is 0.890 bits per heavy atom. The molecule has 0 saturated heterocycles. The molecule has 0 spiro atoms. The first kappa shape index (κ1) is 69.3. The molecule has 0 aliphatic heterocycles. The van der Waals surface area contributed by atoms with Crippen LogP contribution in [0.3, 0.4) is 0 Å². The second-order valence-corrected chi connectivity index (χ2v) is 20.2. The van der Waals surface area contributed by atoms with Crippen molar-refractivity contribution in [2.45, 2.75) is 297 Å². The Kier molecular flexibility index (Phi) is 57.8. The lowest BCUT2D eigenvalue weighted by molar-refractivity contribution is -0.166. The average molecular weight is 1020 g/mol. The fraction of sp³-hybridized carbons (Fsp3) is 0.716. The van der Waals surface area contributed by atoms with Crippen molar-refractivity contribution in [1.82, 2.24) is 0 Å². The van der Waals surface area contributed by atoms with Crippen molar-refractivity contribution < 1.29 is 28.6 Å². The Labute approximate surface area is 451 Å². The average Bonchev–Trinajstić information content (AvgIpc) is 3.39. The summed E-state index contributed by atoms with van der Waals surface area (Å²) in [6.07, 6.45) is 81.2. The van der Waals surface area contributed by atoms with E-state index in [2.05, 4.69) is 112 Å². The van der Waals surface area contributed by atoms with Crippen molar-refractivity contribution in [2.24, 2.45) is 0 Å². The summed E-state index contributed by atoms with van der Waals surface area (Å²) in [7, 11) is 0. The third-order valence-corrected chi connectivity index (χ3v) is 13.0. The van der Waals surface area contributed by atoms with Crippen LogP contribution in [0.15, 0.2) is 97.2 Å². The first-order valence-electron chi connectivity index (χ1n) is 30.7. The Balaban J connectivity index is 4.50. The predicted octanol–water partition coefficient (Wildman–Crippen LogP) is 20.9. The Morgan fingerprint density at radius 1 is 0.274 bits per heavy atom. The summed E-state index contributed by atoms with van der Waals surface area (Å²) >= 11 is 0. The SMILES string of the molecule is CCCCC/C=C\C/C=C\C/C=C\C/C=C\C/C=C\CCC(=O)OC[C@H](COC(=O)CCCCCCCCC/C=C\CCCCCCCC)OC(=O)CCCCCCCCCCC/C=C\C/C=C\CCCCC. The summed E-state index contributed by atoms with van der Waals surface area (Å²) in [5.41, 5.74) is 0. The molecule has 0 radical (unpaired) electrons. The molecule has 0 aromatic rings. The maximum absolute atomic E-state index is 12.9. The molecule has 0 N–H and O–H groups in total. The summed E-state index contributed by atoms with van der Waals surface area (Å²) in [4.78, 5) is 38.2. The number of esters is 3. The van der Waals surface area contributed by atoms with Crippen LogP contribution in [0.2, 0.25) is 0 Å². The number of hydrogen-bond acceptors (Lipinski definition) is 6. The van der Waals surface area contributed by atoms with Gasteiger partial charge in [-0.25, -0.2) is 0 Å². The van der Waals surface area contributed by atoms with Gasteiger partial charge >= 0.3 is 17.9 Å². The molecule has 0 rings (SSSR count). The third-order valence-electron chi connectivity index (χ3n) is 13.0. The number of hydrogen-bond donors (Lipinski definition) is 0. The van der Waals surface area contributed by atoms with E-state index in [-0.39, 0.29) is 37.5 Å². The maximum Gasteiger partial charge on any atom is 0.306 e. The summed E-state index contributed by atoms with van der Waals surface area (Å²) < 4.78 is 16.8. The van der Waals surface area contributed by atoms with E-state index in [0.717, 1.165) is 70.6 Å². The molecule has 0 aromatic carbocycles. The molecule has 6 nitrogen and oxygen atoms in total. The Bertz CT molecular complexity index is 1440. The Hall–Kier alpha value is -3.67. The highest BCUT2D eigenvalue weighted by Gasteiger charge is 2.19. The minimum absolute atomic E-state index is 0.104. The van der Waals surface area contributed by atoms with Crippen LogP contribution in [0.5, 0.6) is 0 Å². The van der Waals surface area contributed by atoms with Gasteiger partial charge in [0.15, 0.2) is 6.10 Å². The van der Waals surface area contributed by atoms with E-state index in [1.807, 2.05) is 6.08 Å². The third kappa shape index (κ3) is 59.1. The molecule has 0 aliphatic carbocycles. The van der Waals surface area contributed by atoms with Crippen LogP contribution < -0.4 is 0 Å². The second-order valence-electron chi connectivity index (χ2n) is 20.2. The van der Waals surface area contributed by atoms with E-state index in [4.69, 9.17) is 14.2 Å². The molecule has 0 saturated carbocycles. The molecule has 0 unspecified atom stereocenters. The largest absolute Gasteiger partial charge is 0.462 e. The molecule has 0 aliphatic rings. The maximum atomic E-state index is 12.9. The number of unbranched alkanes of at least 4 members (excludes halogenated alkanes) is 28. The van der Waals surface area contributed by atoms with Crippen LogP contribution >= 0.6 is 0 Å². The number of ether oxygens (including phenoxy) is 3. The highest BCUT2D eigenvalue weighted by atomic mass is 16.6. The van der Waals surface area contributed by atoms with E-state index in [0.29, 0.717) is 19.3 Å². The van der Waals surface area contributed by atoms with Crippen molar-refractivity contribution in [3.05, 3.63) is 97.2 Å². The van der Waals surface area contributed by atoms with Gasteiger partial charge in [0, 0.05) is 19.3 Å². The fourth-order valence-corrected chi connectivity index (χ4v) is 8.39. The molecule has 0 amide bonds. The van der Waals surface area contributed by atoms with Gasteiger partial charge in [-0.05, 0) is 116 Å². The van der Waals surface area contributed by atoms with Gasteiger partial charge in [0.1, 0.15) is 13.2 Å². The number of allylic oxidation sites excluding steroid dienone is 16. The highest BCUT2D eigenvalue weighted by Crippen LogP contribution is 2.15. The van der Waals surface area contributed by atoms with E-state index in [1.54, 1.807) is 0 Å². The lowest BCUT2D eigenvalue weighted by Gasteiger charge is -2.18. The van der Waals surface area contributed by atoms with Gasteiger partial charge in [0.05, 0.1) is 0 Å². The van der Waals surface area contributed by atoms with Crippen molar-refractivity contribution in [2.75, 3.05) is 13.2 Å². The zero-order chi connectivity index (χ0) is 52.9. The van der Waals surface area contributed by atoms with Crippen molar-refractivity contribution in [3.63, 3.8) is 0 Å². The predicted molar refractivity (Wildman–Crippen MR) is 316 cm³/mol. The molecule has 0 heterocycles. The van der Waals surface area contributed by atoms with E-state index in [9.17, 15) is 14.4 Å². The minimum atomic E-state index is -0.813. The Morgan fingerprint density at radius 2 is 0.521 bits per heavy atom. The molecule has 418 valence electrons. The summed E-state index contributed by atoms with van der Waals surface area (Å²) in [5, 5.41) is 0. The normalized spacial score (nSPS) is 12.8. The molecule has 0 fully saturated rings. The van der Waals surface area contributed by atoms with Crippen LogP contribution in [0.4, 0.5) is 0 Å². The standard InChI is InChI=1S/C67H114O6/c1-4-7-10-13-16-19-22-25-28-31-33-36-39-42-45-48-51-54-57-60-66(69)72-63-64(62-71-65(68)59-56-53-50-47-44-41-38-35-30-27-24-21-18-15-12-9-6-3)73-67(70)61-58-55-52-49-46-43-40-37-34-32-29-26-23-20-17-14-11-8-5-2/h16-17,19-20,25-30,33,36,42,45,51,54,64H,4-15,18,21-24,31-32,34-35,37-41,43-44,46-50,52-53,55-63H2,1-3H3/b19-16-,20-17-,28-25-,29-26-,30-27-,36-33-,45-42-,54-51-/t64-/m0/s1. The van der Waals surface area contributed by atoms with Gasteiger partial charge in [-0.1, -0.05) is 253 Å². The number of carbonyl (C=O) groups excluding carboxylic acids is 3. The molecule has 0 bridgehead atoms. The van der Waals surface area contributed by atoms with Gasteiger partial charge in [-0.3, -0.25) is 14.4 Å². The monoisotopic (exact) mass is 1010 g/mol. The van der Waals surface area contributed by atoms with Gasteiger partial charge in [0.25, 0.3) is 0 Å². The van der Waals surface area contributed by atoms with Crippen LogP contribution in [-0.2, 0) is 28.6 Å². The molecule has 0 aromatic heterocycles. The number of carbonyl (C=O) groups is 3. The highest BCUT2D eigenvalue weighted by molar-refractivity contribution is 5.71. The van der Waals surface area contributed by atoms with Gasteiger partial charge in [-0.2, -0.15) is 0 Å². The summed E-state index contributed by atoms with van der Waals surface area (Å²) in [5.74, 6) is -0.992. The first-order valence-corrected chi connectivity index (χ1v) is 30.7. The van der Waals surface area contributed by atoms with E-state index < -0.39 is 6.10 Å².